The van der Waals surface area contributed by atoms with Crippen molar-refractivity contribution in [3.8, 4) is 28.3 Å². The predicted molar refractivity (Wildman–Crippen MR) is 123 cm³/mol. The molecule has 1 aliphatic heterocycles. The average Bonchev–Trinajstić information content (AvgIpc) is 2.74. The van der Waals surface area contributed by atoms with E-state index in [0.29, 0.717) is 40.5 Å². The van der Waals surface area contributed by atoms with Crippen LogP contribution >= 0.6 is 11.6 Å². The highest BCUT2D eigenvalue weighted by atomic mass is 35.5. The Kier molecular flexibility index (Phi) is 6.59. The maximum Gasteiger partial charge on any atom is 0.416 e. The van der Waals surface area contributed by atoms with Gasteiger partial charge in [0.25, 0.3) is 0 Å². The first-order valence-electron chi connectivity index (χ1n) is 10.7. The van der Waals surface area contributed by atoms with Gasteiger partial charge in [-0.2, -0.15) is 13.2 Å². The molecule has 3 aromatic rings. The lowest BCUT2D eigenvalue weighted by Gasteiger charge is -2.39. The molecule has 0 spiro atoms. The number of carbonyl (C=O) groups is 1. The Balaban J connectivity index is 1.58. The van der Waals surface area contributed by atoms with Crippen molar-refractivity contribution >= 4 is 17.7 Å². The maximum absolute atomic E-state index is 13.0. The fourth-order valence-electron chi connectivity index (χ4n) is 3.42. The molecular formula is C24H22ClF3N4O3. The van der Waals surface area contributed by atoms with E-state index in [1.807, 2.05) is 0 Å². The first-order valence-corrected chi connectivity index (χ1v) is 11.1. The van der Waals surface area contributed by atoms with Gasteiger partial charge in [-0.1, -0.05) is 23.7 Å². The van der Waals surface area contributed by atoms with E-state index in [9.17, 15) is 18.0 Å². The van der Waals surface area contributed by atoms with Crippen LogP contribution < -0.4 is 4.74 Å². The van der Waals surface area contributed by atoms with Crippen LogP contribution in [0.2, 0.25) is 5.02 Å². The van der Waals surface area contributed by atoms with Crippen LogP contribution in [-0.2, 0) is 10.9 Å². The third kappa shape index (κ3) is 5.82. The normalized spacial score (nSPS) is 14.4. The Morgan fingerprint density at radius 2 is 1.74 bits per heavy atom. The van der Waals surface area contributed by atoms with E-state index < -0.39 is 23.4 Å². The topological polar surface area (TPSA) is 77.4 Å². The lowest BCUT2D eigenvalue weighted by molar-refractivity contribution is -0.137. The fraction of sp³-hybridized carbons (Fsp3) is 0.333. The summed E-state index contributed by atoms with van der Waals surface area (Å²) in [5, 5.41) is 8.67. The summed E-state index contributed by atoms with van der Waals surface area (Å²) in [7, 11) is 0. The summed E-state index contributed by atoms with van der Waals surface area (Å²) in [4.78, 5) is 17.6. The molecule has 0 atom stereocenters. The number of halogens is 4. The van der Waals surface area contributed by atoms with Crippen LogP contribution in [0.25, 0.3) is 22.4 Å². The van der Waals surface area contributed by atoms with Crippen LogP contribution in [0.1, 0.15) is 26.3 Å². The summed E-state index contributed by atoms with van der Waals surface area (Å²) >= 11 is 6.35. The number of pyridine rings is 1. The zero-order valence-electron chi connectivity index (χ0n) is 19.1. The molecule has 1 saturated heterocycles. The zero-order chi connectivity index (χ0) is 25.4. The van der Waals surface area contributed by atoms with Crippen LogP contribution in [0.15, 0.2) is 48.8 Å². The van der Waals surface area contributed by atoms with Crippen molar-refractivity contribution in [3.05, 3.63) is 59.4 Å². The Labute approximate surface area is 204 Å². The molecule has 3 heterocycles. The number of benzene rings is 1. The number of hydrogen-bond acceptors (Lipinski definition) is 6. The Bertz CT molecular complexity index is 1220. The van der Waals surface area contributed by atoms with Crippen LogP contribution in [-0.4, -0.2) is 51.0 Å². The van der Waals surface area contributed by atoms with Crippen molar-refractivity contribution in [2.24, 2.45) is 0 Å². The largest absolute Gasteiger partial charge is 0.469 e. The first-order chi connectivity index (χ1) is 16.4. The van der Waals surface area contributed by atoms with E-state index in [2.05, 4.69) is 15.2 Å². The van der Waals surface area contributed by atoms with Crippen LogP contribution in [0.3, 0.4) is 0 Å². The number of aromatic nitrogens is 3. The van der Waals surface area contributed by atoms with Crippen molar-refractivity contribution in [1.29, 1.82) is 0 Å². The van der Waals surface area contributed by atoms with Gasteiger partial charge in [-0.15, -0.1) is 10.2 Å². The van der Waals surface area contributed by atoms with Gasteiger partial charge in [0.05, 0.1) is 23.7 Å². The molecule has 35 heavy (non-hydrogen) atoms. The number of nitrogens with zero attached hydrogens (tertiary/aromatic N) is 4. The maximum atomic E-state index is 13.0. The van der Waals surface area contributed by atoms with E-state index in [0.717, 1.165) is 12.1 Å². The number of carbonyl (C=O) groups excluding carboxylic acids is 1. The summed E-state index contributed by atoms with van der Waals surface area (Å²) in [6.07, 6.45) is -2.18. The molecule has 1 aliphatic rings. The molecule has 7 nitrogen and oxygen atoms in total. The number of hydrogen-bond donors (Lipinski definition) is 0. The minimum absolute atomic E-state index is 0.192. The molecule has 1 aromatic carbocycles. The zero-order valence-corrected chi connectivity index (χ0v) is 19.9. The van der Waals surface area contributed by atoms with E-state index in [4.69, 9.17) is 21.1 Å². The minimum atomic E-state index is -4.45. The molecule has 0 radical (unpaired) electrons. The molecular weight excluding hydrogens is 485 g/mol. The highest BCUT2D eigenvalue weighted by Gasteiger charge is 2.35. The van der Waals surface area contributed by atoms with Crippen LogP contribution in [0, 0.1) is 0 Å². The molecule has 11 heteroatoms. The highest BCUT2D eigenvalue weighted by Crippen LogP contribution is 2.37. The van der Waals surface area contributed by atoms with Crippen molar-refractivity contribution in [3.63, 3.8) is 0 Å². The van der Waals surface area contributed by atoms with Crippen molar-refractivity contribution in [1.82, 2.24) is 20.1 Å². The Morgan fingerprint density at radius 3 is 2.34 bits per heavy atom. The lowest BCUT2D eigenvalue weighted by Crippen LogP contribution is -2.57. The second kappa shape index (κ2) is 9.33. The minimum Gasteiger partial charge on any atom is -0.469 e. The molecule has 1 fully saturated rings. The quantitative estimate of drug-likeness (QED) is 0.440. The van der Waals surface area contributed by atoms with Gasteiger partial charge in [0.15, 0.2) is 0 Å². The van der Waals surface area contributed by atoms with Gasteiger partial charge in [-0.25, -0.2) is 4.79 Å². The number of likely N-dealkylation sites (tertiary alicyclic amines) is 1. The van der Waals surface area contributed by atoms with E-state index in [1.54, 1.807) is 39.1 Å². The second-order valence-corrected chi connectivity index (χ2v) is 9.41. The first kappa shape index (κ1) is 24.7. The summed E-state index contributed by atoms with van der Waals surface area (Å²) in [5.74, 6) is 0.192. The number of ether oxygens (including phenoxy) is 2. The van der Waals surface area contributed by atoms with Gasteiger partial charge < -0.3 is 14.4 Å². The molecule has 2 aromatic heterocycles. The third-order valence-electron chi connectivity index (χ3n) is 5.11. The molecule has 0 bridgehead atoms. The fourth-order valence-corrected chi connectivity index (χ4v) is 3.64. The van der Waals surface area contributed by atoms with Gasteiger partial charge in [0, 0.05) is 35.2 Å². The molecule has 4 rings (SSSR count). The molecule has 0 aliphatic carbocycles. The van der Waals surface area contributed by atoms with E-state index in [1.165, 1.54) is 23.2 Å². The lowest BCUT2D eigenvalue weighted by atomic mass is 10.00. The highest BCUT2D eigenvalue weighted by molar-refractivity contribution is 6.33. The van der Waals surface area contributed by atoms with Gasteiger partial charge in [-0.05, 0) is 39.0 Å². The summed E-state index contributed by atoms with van der Waals surface area (Å²) < 4.78 is 50.2. The molecule has 0 N–H and O–H groups in total. The standard InChI is InChI=1S/C24H22ClF3N4O3/c1-23(2,3)35-22(33)32-12-16(13-32)34-20-10-18(17-8-9-29-11-19(17)25)21(31-30-20)14-4-6-15(7-5-14)24(26,27)28/h4-11,16H,12-13H2,1-3H3. The Hall–Kier alpha value is -3.40. The van der Waals surface area contributed by atoms with Gasteiger partial charge in [-0.3, -0.25) is 4.98 Å². The van der Waals surface area contributed by atoms with Gasteiger partial charge >= 0.3 is 12.3 Å². The summed E-state index contributed by atoms with van der Waals surface area (Å²) in [5.41, 5.74) is 0.493. The Morgan fingerprint density at radius 1 is 1.06 bits per heavy atom. The summed E-state index contributed by atoms with van der Waals surface area (Å²) in [6.45, 7) is 6.01. The predicted octanol–water partition coefficient (Wildman–Crippen LogP) is 5.88. The van der Waals surface area contributed by atoms with Crippen molar-refractivity contribution < 1.29 is 27.4 Å². The smallest absolute Gasteiger partial charge is 0.416 e. The van der Waals surface area contributed by atoms with Crippen molar-refractivity contribution in [2.45, 2.75) is 38.7 Å². The van der Waals surface area contributed by atoms with Gasteiger partial charge in [0.2, 0.25) is 5.88 Å². The molecule has 1 amide bonds. The molecule has 0 unspecified atom stereocenters. The number of amides is 1. The average molecular weight is 507 g/mol. The number of alkyl halides is 3. The molecule has 0 saturated carbocycles. The van der Waals surface area contributed by atoms with E-state index >= 15 is 0 Å². The monoisotopic (exact) mass is 506 g/mol. The second-order valence-electron chi connectivity index (χ2n) is 9.00. The van der Waals surface area contributed by atoms with Crippen molar-refractivity contribution in [2.75, 3.05) is 13.1 Å². The van der Waals surface area contributed by atoms with Crippen LogP contribution in [0.5, 0.6) is 5.88 Å². The molecule has 184 valence electrons. The third-order valence-corrected chi connectivity index (χ3v) is 5.41. The number of rotatable bonds is 4. The van der Waals surface area contributed by atoms with Crippen LogP contribution in [0.4, 0.5) is 18.0 Å². The SMILES string of the molecule is CC(C)(C)OC(=O)N1CC(Oc2cc(-c3ccncc3Cl)c(-c3ccc(C(F)(F)F)cc3)nn2)C1. The van der Waals surface area contributed by atoms with E-state index in [-0.39, 0.29) is 12.0 Å². The van der Waals surface area contributed by atoms with Gasteiger partial charge in [0.1, 0.15) is 17.4 Å². The summed E-state index contributed by atoms with van der Waals surface area (Å²) in [6, 6.07) is 7.92.